The third-order valence-electron chi connectivity index (χ3n) is 2.51. The average molecular weight is 156 g/mol. The highest BCUT2D eigenvalue weighted by molar-refractivity contribution is 4.84. The van der Waals surface area contributed by atoms with Crippen LogP contribution in [0.25, 0.3) is 0 Å². The van der Waals surface area contributed by atoms with Crippen LogP contribution in [0.15, 0.2) is 0 Å². The third-order valence-corrected chi connectivity index (χ3v) is 2.51. The van der Waals surface area contributed by atoms with Gasteiger partial charge < -0.3 is 9.47 Å². The van der Waals surface area contributed by atoms with Crippen LogP contribution in [0.1, 0.15) is 39.5 Å². The molecule has 0 amide bonds. The normalized spacial score (nSPS) is 42.0. The molecule has 1 heterocycles. The summed E-state index contributed by atoms with van der Waals surface area (Å²) in [6.45, 7) is 4.01. The Labute approximate surface area is 67.9 Å². The molecule has 2 fully saturated rings. The van der Waals surface area contributed by atoms with Crippen molar-refractivity contribution >= 4 is 0 Å². The Kier molecular flexibility index (Phi) is 1.69. The molecule has 1 saturated heterocycles. The Balaban J connectivity index is 2.03. The van der Waals surface area contributed by atoms with Gasteiger partial charge in [-0.3, -0.25) is 0 Å². The van der Waals surface area contributed by atoms with Crippen LogP contribution in [0, 0.1) is 0 Å². The van der Waals surface area contributed by atoms with Gasteiger partial charge in [-0.05, 0) is 26.7 Å². The van der Waals surface area contributed by atoms with E-state index in [9.17, 15) is 0 Å². The second-order valence-corrected chi connectivity index (χ2v) is 4.00. The molecule has 1 saturated carbocycles. The van der Waals surface area contributed by atoms with E-state index < -0.39 is 0 Å². The first-order chi connectivity index (χ1) is 5.17. The molecular formula is C9H16O2. The van der Waals surface area contributed by atoms with Crippen molar-refractivity contribution in [2.45, 2.75) is 57.5 Å². The van der Waals surface area contributed by atoms with Crippen molar-refractivity contribution in [3.63, 3.8) is 0 Å². The van der Waals surface area contributed by atoms with Crippen LogP contribution >= 0.6 is 0 Å². The van der Waals surface area contributed by atoms with Gasteiger partial charge in [0.05, 0.1) is 12.2 Å². The van der Waals surface area contributed by atoms with Gasteiger partial charge in [0.1, 0.15) is 0 Å². The molecule has 0 aromatic rings. The van der Waals surface area contributed by atoms with E-state index in [0.717, 1.165) is 0 Å². The Bertz CT molecular complexity index is 138. The van der Waals surface area contributed by atoms with Crippen LogP contribution in [0.5, 0.6) is 0 Å². The number of rotatable bonds is 0. The molecule has 0 bridgehead atoms. The lowest BCUT2D eigenvalue weighted by Crippen LogP contribution is -2.25. The number of hydrogen-bond donors (Lipinski definition) is 0. The van der Waals surface area contributed by atoms with E-state index in [1.54, 1.807) is 0 Å². The Hall–Kier alpha value is -0.0800. The molecule has 64 valence electrons. The van der Waals surface area contributed by atoms with E-state index in [-0.39, 0.29) is 5.79 Å². The predicted octanol–water partition coefficient (Wildman–Crippen LogP) is 2.08. The smallest absolute Gasteiger partial charge is 0.163 e. The average Bonchev–Trinajstić information content (AvgIpc) is 2.21. The summed E-state index contributed by atoms with van der Waals surface area (Å²) in [6, 6.07) is 0. The van der Waals surface area contributed by atoms with Crippen molar-refractivity contribution in [2.24, 2.45) is 0 Å². The fourth-order valence-electron chi connectivity index (χ4n) is 2.09. The van der Waals surface area contributed by atoms with Gasteiger partial charge in [0, 0.05) is 0 Å². The summed E-state index contributed by atoms with van der Waals surface area (Å²) in [7, 11) is 0. The van der Waals surface area contributed by atoms with Gasteiger partial charge in [-0.1, -0.05) is 12.8 Å². The number of hydrogen-bond acceptors (Lipinski definition) is 2. The van der Waals surface area contributed by atoms with Crippen molar-refractivity contribution in [1.29, 1.82) is 0 Å². The van der Waals surface area contributed by atoms with Crippen LogP contribution in [-0.4, -0.2) is 18.0 Å². The molecule has 2 atom stereocenters. The zero-order valence-corrected chi connectivity index (χ0v) is 7.30. The first-order valence-corrected chi connectivity index (χ1v) is 4.53. The molecule has 2 nitrogen and oxygen atoms in total. The zero-order valence-electron chi connectivity index (χ0n) is 7.30. The molecule has 1 aliphatic heterocycles. The molecule has 0 aromatic heterocycles. The highest BCUT2D eigenvalue weighted by Crippen LogP contribution is 2.36. The van der Waals surface area contributed by atoms with Crippen molar-refractivity contribution in [3.8, 4) is 0 Å². The molecule has 0 unspecified atom stereocenters. The molecule has 0 spiro atoms. The molecule has 2 heteroatoms. The van der Waals surface area contributed by atoms with Crippen molar-refractivity contribution < 1.29 is 9.47 Å². The lowest BCUT2D eigenvalue weighted by atomic mass is 9.95. The Morgan fingerprint density at radius 3 is 1.91 bits per heavy atom. The maximum absolute atomic E-state index is 5.73. The fourth-order valence-corrected chi connectivity index (χ4v) is 2.09. The third kappa shape index (κ3) is 1.42. The second kappa shape index (κ2) is 2.46. The maximum atomic E-state index is 5.73. The van der Waals surface area contributed by atoms with E-state index in [2.05, 4.69) is 0 Å². The van der Waals surface area contributed by atoms with Gasteiger partial charge in [-0.15, -0.1) is 0 Å². The summed E-state index contributed by atoms with van der Waals surface area (Å²) in [5.74, 6) is -0.320. The van der Waals surface area contributed by atoms with E-state index in [1.807, 2.05) is 13.8 Å². The quantitative estimate of drug-likeness (QED) is 0.534. The maximum Gasteiger partial charge on any atom is 0.163 e. The summed E-state index contributed by atoms with van der Waals surface area (Å²) in [4.78, 5) is 0. The molecule has 11 heavy (non-hydrogen) atoms. The predicted molar refractivity (Wildman–Crippen MR) is 42.3 cm³/mol. The SMILES string of the molecule is CC1(C)O[C@H]2CCCC[C@H]2O1. The molecule has 0 aromatic carbocycles. The number of ether oxygens (including phenoxy) is 2. The summed E-state index contributed by atoms with van der Waals surface area (Å²) in [5, 5.41) is 0. The van der Waals surface area contributed by atoms with Crippen molar-refractivity contribution in [1.82, 2.24) is 0 Å². The van der Waals surface area contributed by atoms with Gasteiger partial charge >= 0.3 is 0 Å². The zero-order chi connectivity index (χ0) is 7.90. The summed E-state index contributed by atoms with van der Waals surface area (Å²) < 4.78 is 11.5. The molecule has 0 N–H and O–H groups in total. The highest BCUT2D eigenvalue weighted by atomic mass is 16.7. The van der Waals surface area contributed by atoms with E-state index in [4.69, 9.17) is 9.47 Å². The van der Waals surface area contributed by atoms with Gasteiger partial charge in [0.2, 0.25) is 0 Å². The first-order valence-electron chi connectivity index (χ1n) is 4.53. The largest absolute Gasteiger partial charge is 0.345 e. The highest BCUT2D eigenvalue weighted by Gasteiger charge is 2.41. The fraction of sp³-hybridized carbons (Fsp3) is 1.00. The minimum Gasteiger partial charge on any atom is -0.345 e. The van der Waals surface area contributed by atoms with Crippen LogP contribution in [-0.2, 0) is 9.47 Å². The lowest BCUT2D eigenvalue weighted by molar-refractivity contribution is -0.145. The standard InChI is InChI=1S/C9H16O2/c1-9(2)10-7-5-3-4-6-8(7)11-9/h7-8H,3-6H2,1-2H3/t7-,8+. The Morgan fingerprint density at radius 2 is 1.45 bits per heavy atom. The first kappa shape index (κ1) is 7.56. The molecular weight excluding hydrogens is 140 g/mol. The van der Waals surface area contributed by atoms with Gasteiger partial charge in [0.25, 0.3) is 0 Å². The van der Waals surface area contributed by atoms with E-state index in [0.29, 0.717) is 12.2 Å². The summed E-state index contributed by atoms with van der Waals surface area (Å²) in [5.41, 5.74) is 0. The Morgan fingerprint density at radius 1 is 1.00 bits per heavy atom. The van der Waals surface area contributed by atoms with Crippen molar-refractivity contribution in [3.05, 3.63) is 0 Å². The lowest BCUT2D eigenvalue weighted by Gasteiger charge is -2.21. The van der Waals surface area contributed by atoms with Crippen molar-refractivity contribution in [2.75, 3.05) is 0 Å². The molecule has 1 aliphatic carbocycles. The summed E-state index contributed by atoms with van der Waals surface area (Å²) >= 11 is 0. The van der Waals surface area contributed by atoms with E-state index in [1.165, 1.54) is 25.7 Å². The molecule has 2 rings (SSSR count). The van der Waals surface area contributed by atoms with Crippen LogP contribution in [0.4, 0.5) is 0 Å². The second-order valence-electron chi connectivity index (χ2n) is 4.00. The van der Waals surface area contributed by atoms with Gasteiger partial charge in [-0.25, -0.2) is 0 Å². The minimum atomic E-state index is -0.320. The van der Waals surface area contributed by atoms with Crippen LogP contribution < -0.4 is 0 Å². The van der Waals surface area contributed by atoms with Gasteiger partial charge in [0.15, 0.2) is 5.79 Å². The van der Waals surface area contributed by atoms with Crippen LogP contribution in [0.2, 0.25) is 0 Å². The molecule has 0 radical (unpaired) electrons. The van der Waals surface area contributed by atoms with Crippen LogP contribution in [0.3, 0.4) is 0 Å². The minimum absolute atomic E-state index is 0.320. The monoisotopic (exact) mass is 156 g/mol. The topological polar surface area (TPSA) is 18.5 Å². The number of fused-ring (bicyclic) bond motifs is 1. The molecule has 2 aliphatic rings. The van der Waals surface area contributed by atoms with Gasteiger partial charge in [-0.2, -0.15) is 0 Å². The summed E-state index contributed by atoms with van der Waals surface area (Å²) in [6.07, 6.45) is 5.76. The van der Waals surface area contributed by atoms with E-state index >= 15 is 0 Å².